The molecule has 58 heavy (non-hydrogen) atoms. The molecule has 1 heteroatoms. The van der Waals surface area contributed by atoms with Gasteiger partial charge in [-0.2, -0.15) is 0 Å². The normalized spacial score (nSPS) is 13.5. The second kappa shape index (κ2) is 11.4. The summed E-state index contributed by atoms with van der Waals surface area (Å²) in [5.74, 6) is 0. The van der Waals surface area contributed by atoms with E-state index >= 15 is 0 Å². The van der Waals surface area contributed by atoms with Crippen LogP contribution >= 0.6 is 0 Å². The highest BCUT2D eigenvalue weighted by Crippen LogP contribution is 2.53. The zero-order valence-electron chi connectivity index (χ0n) is 32.3. The molecule has 12 aromatic rings. The van der Waals surface area contributed by atoms with Crippen molar-refractivity contribution in [2.24, 2.45) is 0 Å². The molecule has 1 heterocycles. The van der Waals surface area contributed by atoms with Crippen LogP contribution in [0.15, 0.2) is 188 Å². The first-order valence-electron chi connectivity index (χ1n) is 20.4. The molecule has 0 atom stereocenters. The largest absolute Gasteiger partial charge is 0.309 e. The van der Waals surface area contributed by atoms with E-state index in [4.69, 9.17) is 0 Å². The summed E-state index contributed by atoms with van der Waals surface area (Å²) in [5.41, 5.74) is 14.2. The van der Waals surface area contributed by atoms with Crippen LogP contribution in [-0.2, 0) is 5.41 Å². The minimum Gasteiger partial charge on any atom is -0.309 e. The summed E-state index contributed by atoms with van der Waals surface area (Å²) in [6.45, 7) is 4.75. The van der Waals surface area contributed by atoms with Crippen LogP contribution in [0.25, 0.3) is 115 Å². The van der Waals surface area contributed by atoms with E-state index in [0.29, 0.717) is 0 Å². The summed E-state index contributed by atoms with van der Waals surface area (Å²) < 4.78 is 2.48. The number of benzene rings is 11. The van der Waals surface area contributed by atoms with Gasteiger partial charge in [0.1, 0.15) is 0 Å². The molecular formula is C57H37N. The molecule has 0 unspecified atom stereocenters. The van der Waals surface area contributed by atoms with Crippen LogP contribution in [0.5, 0.6) is 0 Å². The Kier molecular flexibility index (Phi) is 6.29. The third-order valence-corrected chi connectivity index (χ3v) is 13.5. The summed E-state index contributed by atoms with van der Waals surface area (Å²) >= 11 is 0. The average molecular weight is 736 g/mol. The minimum absolute atomic E-state index is 0.0653. The van der Waals surface area contributed by atoms with Crippen molar-refractivity contribution in [3.8, 4) is 39.1 Å². The molecule has 1 nitrogen and oxygen atoms in total. The van der Waals surface area contributed by atoms with E-state index in [1.54, 1.807) is 0 Å². The summed E-state index contributed by atoms with van der Waals surface area (Å²) in [4.78, 5) is 0. The molecule has 13 rings (SSSR count). The molecule has 0 N–H and O–H groups in total. The zero-order valence-corrected chi connectivity index (χ0v) is 32.3. The van der Waals surface area contributed by atoms with E-state index in [1.165, 1.54) is 126 Å². The van der Waals surface area contributed by atoms with Crippen LogP contribution in [0.1, 0.15) is 25.0 Å². The minimum atomic E-state index is -0.0653. The van der Waals surface area contributed by atoms with E-state index in [9.17, 15) is 0 Å². The molecule has 0 aliphatic heterocycles. The summed E-state index contributed by atoms with van der Waals surface area (Å²) in [6, 6.07) is 70.6. The molecule has 0 saturated carbocycles. The highest BCUT2D eigenvalue weighted by molar-refractivity contribution is 6.29. The fourth-order valence-electron chi connectivity index (χ4n) is 10.9. The molecule has 1 aromatic heterocycles. The molecule has 0 bridgehead atoms. The number of hydrogen-bond acceptors (Lipinski definition) is 0. The monoisotopic (exact) mass is 735 g/mol. The first kappa shape index (κ1) is 31.9. The van der Waals surface area contributed by atoms with Gasteiger partial charge in [0.2, 0.25) is 0 Å². The Bertz CT molecular complexity index is 3690. The highest BCUT2D eigenvalue weighted by atomic mass is 15.0. The Hall–Kier alpha value is -7.22. The van der Waals surface area contributed by atoms with Gasteiger partial charge in [0.15, 0.2) is 0 Å². The van der Waals surface area contributed by atoms with E-state index in [-0.39, 0.29) is 5.41 Å². The van der Waals surface area contributed by atoms with E-state index in [0.717, 1.165) is 0 Å². The van der Waals surface area contributed by atoms with Crippen LogP contribution in [0.2, 0.25) is 0 Å². The van der Waals surface area contributed by atoms with Gasteiger partial charge in [0.25, 0.3) is 0 Å². The van der Waals surface area contributed by atoms with E-state index in [1.807, 2.05) is 0 Å². The van der Waals surface area contributed by atoms with Gasteiger partial charge >= 0.3 is 0 Å². The van der Waals surface area contributed by atoms with E-state index < -0.39 is 0 Å². The molecule has 11 aromatic carbocycles. The van der Waals surface area contributed by atoms with Gasteiger partial charge in [-0.25, -0.2) is 0 Å². The van der Waals surface area contributed by atoms with Crippen molar-refractivity contribution in [3.63, 3.8) is 0 Å². The van der Waals surface area contributed by atoms with Crippen LogP contribution < -0.4 is 0 Å². The first-order chi connectivity index (χ1) is 28.5. The van der Waals surface area contributed by atoms with Crippen LogP contribution in [0.4, 0.5) is 0 Å². The Morgan fingerprint density at radius 1 is 0.345 bits per heavy atom. The average Bonchev–Trinajstić information content (AvgIpc) is 3.73. The maximum absolute atomic E-state index is 2.48. The lowest BCUT2D eigenvalue weighted by Gasteiger charge is -2.21. The Balaban J connectivity index is 1.07. The van der Waals surface area contributed by atoms with Crippen molar-refractivity contribution in [2.45, 2.75) is 19.3 Å². The maximum Gasteiger partial charge on any atom is 0.0547 e. The number of fused-ring (bicyclic) bond motifs is 10. The second-order valence-corrected chi connectivity index (χ2v) is 16.8. The highest BCUT2D eigenvalue weighted by Gasteiger charge is 2.37. The van der Waals surface area contributed by atoms with Gasteiger partial charge in [0.05, 0.1) is 11.0 Å². The van der Waals surface area contributed by atoms with Crippen molar-refractivity contribution in [2.75, 3.05) is 0 Å². The molecule has 0 amide bonds. The molecule has 1 aliphatic rings. The van der Waals surface area contributed by atoms with Crippen LogP contribution in [0, 0.1) is 0 Å². The van der Waals surface area contributed by atoms with Gasteiger partial charge in [0, 0.05) is 21.9 Å². The second-order valence-electron chi connectivity index (χ2n) is 16.8. The number of para-hydroxylation sites is 1. The number of aromatic nitrogens is 1. The van der Waals surface area contributed by atoms with Crippen molar-refractivity contribution in [1.82, 2.24) is 4.57 Å². The smallest absolute Gasteiger partial charge is 0.0547 e. The fourth-order valence-corrected chi connectivity index (χ4v) is 10.9. The van der Waals surface area contributed by atoms with Gasteiger partial charge in [-0.05, 0) is 129 Å². The van der Waals surface area contributed by atoms with Crippen molar-refractivity contribution in [3.05, 3.63) is 199 Å². The molecule has 270 valence electrons. The van der Waals surface area contributed by atoms with Crippen LogP contribution in [-0.4, -0.2) is 4.57 Å². The fraction of sp³-hybridized carbons (Fsp3) is 0.0526. The molecule has 0 saturated heterocycles. The van der Waals surface area contributed by atoms with Crippen LogP contribution in [0.3, 0.4) is 0 Å². The molecule has 1 aliphatic carbocycles. The molecule has 0 radical (unpaired) electrons. The van der Waals surface area contributed by atoms with Gasteiger partial charge in [-0.1, -0.05) is 172 Å². The lowest BCUT2D eigenvalue weighted by atomic mass is 9.82. The summed E-state index contributed by atoms with van der Waals surface area (Å²) in [5, 5.41) is 15.6. The lowest BCUT2D eigenvalue weighted by Crippen LogP contribution is -2.14. The summed E-state index contributed by atoms with van der Waals surface area (Å²) in [7, 11) is 0. The topological polar surface area (TPSA) is 4.93 Å². The van der Waals surface area contributed by atoms with Gasteiger partial charge < -0.3 is 4.57 Å². The third-order valence-electron chi connectivity index (χ3n) is 13.5. The van der Waals surface area contributed by atoms with Crippen molar-refractivity contribution >= 4 is 75.7 Å². The predicted octanol–water partition coefficient (Wildman–Crippen LogP) is 15.6. The van der Waals surface area contributed by atoms with Gasteiger partial charge in [-0.3, -0.25) is 0 Å². The Labute approximate surface area is 336 Å². The standard InChI is InChI=1S/C57H37N/c1-57(2)49-19-11-10-18-46(49)55-50(57)30-31-51-56(55)47-29-24-37(33-52(47)58(51)38-13-4-3-5-14-38)40-25-20-34-23-28-45-43(26-21-35-22-27-44(40)53(34)54(35)45)48-32-36-12-6-7-15-39(36)41-16-8-9-17-42(41)48/h3-33H,1-2H3. The third kappa shape index (κ3) is 4.15. The maximum atomic E-state index is 2.48. The van der Waals surface area contributed by atoms with Gasteiger partial charge in [-0.15, -0.1) is 0 Å². The summed E-state index contributed by atoms with van der Waals surface area (Å²) in [6.07, 6.45) is 0. The Morgan fingerprint density at radius 3 is 1.79 bits per heavy atom. The molecular weight excluding hydrogens is 699 g/mol. The first-order valence-corrected chi connectivity index (χ1v) is 20.4. The number of nitrogens with zero attached hydrogens (tertiary/aromatic N) is 1. The molecule has 0 spiro atoms. The zero-order chi connectivity index (χ0) is 38.3. The number of hydrogen-bond donors (Lipinski definition) is 0. The van der Waals surface area contributed by atoms with Crippen molar-refractivity contribution in [1.29, 1.82) is 0 Å². The SMILES string of the molecule is CC1(C)c2ccccc2-c2c1ccc1c2c2ccc(-c3ccc4ccc5c(-c6cc7ccccc7c7ccccc67)ccc6ccc3c4c65)cc2n1-c1ccccc1. The predicted molar refractivity (Wildman–Crippen MR) is 248 cm³/mol. The lowest BCUT2D eigenvalue weighted by molar-refractivity contribution is 0.661. The quantitative estimate of drug-likeness (QED) is 0.159. The number of rotatable bonds is 3. The van der Waals surface area contributed by atoms with E-state index in [2.05, 4.69) is 206 Å². The Morgan fingerprint density at radius 2 is 0.983 bits per heavy atom. The van der Waals surface area contributed by atoms with Crippen molar-refractivity contribution < 1.29 is 0 Å². The molecule has 0 fully saturated rings.